The molecule has 0 fully saturated rings. The quantitative estimate of drug-likeness (QED) is 0.752. The Morgan fingerprint density at radius 2 is 2.05 bits per heavy atom. The van der Waals surface area contributed by atoms with Gasteiger partial charge in [0.25, 0.3) is 0 Å². The Labute approximate surface area is 112 Å². The van der Waals surface area contributed by atoms with Gasteiger partial charge in [0.15, 0.2) is 11.6 Å². The highest BCUT2D eigenvalue weighted by molar-refractivity contribution is 5.81. The molecule has 19 heavy (non-hydrogen) atoms. The van der Waals surface area contributed by atoms with Gasteiger partial charge < -0.3 is 16.0 Å². The molecule has 0 aliphatic carbocycles. The summed E-state index contributed by atoms with van der Waals surface area (Å²) in [6.07, 6.45) is 1.06. The van der Waals surface area contributed by atoms with Crippen LogP contribution in [-0.2, 0) is 4.79 Å². The second-order valence-electron chi connectivity index (χ2n) is 5.07. The molecule has 7 heteroatoms. The fraction of sp³-hybridized carbons (Fsp3) is 0.583. The van der Waals surface area contributed by atoms with Crippen molar-refractivity contribution in [1.29, 1.82) is 0 Å². The highest BCUT2D eigenvalue weighted by Crippen LogP contribution is 2.11. The second kappa shape index (κ2) is 6.31. The van der Waals surface area contributed by atoms with E-state index in [1.807, 2.05) is 27.7 Å². The van der Waals surface area contributed by atoms with Crippen LogP contribution in [0.4, 0.5) is 16.2 Å². The van der Waals surface area contributed by atoms with E-state index in [4.69, 9.17) is 0 Å². The van der Waals surface area contributed by atoms with Crippen LogP contribution in [0.25, 0.3) is 0 Å². The maximum Gasteiger partial charge on any atom is 0.239 e. The molecule has 1 rings (SSSR count). The lowest BCUT2D eigenvalue weighted by atomic mass is 10.1. The minimum absolute atomic E-state index is 0.00927. The SMILES string of the molecule is CCNc1ncc(F)c(NCC(=O)NC(C)(C)C)n1. The van der Waals surface area contributed by atoms with E-state index in [9.17, 15) is 9.18 Å². The van der Waals surface area contributed by atoms with Gasteiger partial charge in [-0.1, -0.05) is 0 Å². The number of hydrogen-bond acceptors (Lipinski definition) is 5. The number of carbonyl (C=O) groups is 1. The number of anilines is 2. The number of halogens is 1. The van der Waals surface area contributed by atoms with Crippen molar-refractivity contribution >= 4 is 17.7 Å². The van der Waals surface area contributed by atoms with Gasteiger partial charge in [-0.3, -0.25) is 4.79 Å². The molecule has 0 aromatic carbocycles. The van der Waals surface area contributed by atoms with Gasteiger partial charge in [0.2, 0.25) is 11.9 Å². The van der Waals surface area contributed by atoms with E-state index >= 15 is 0 Å². The summed E-state index contributed by atoms with van der Waals surface area (Å²) in [4.78, 5) is 19.3. The molecule has 3 N–H and O–H groups in total. The third-order valence-corrected chi connectivity index (χ3v) is 2.01. The molecule has 1 heterocycles. The average Bonchev–Trinajstić information content (AvgIpc) is 2.28. The van der Waals surface area contributed by atoms with Crippen LogP contribution in [0.1, 0.15) is 27.7 Å². The Morgan fingerprint density at radius 1 is 1.37 bits per heavy atom. The first kappa shape index (κ1) is 15.1. The Kier molecular flexibility index (Phi) is 5.02. The Hall–Kier alpha value is -1.92. The molecule has 0 aliphatic rings. The average molecular weight is 269 g/mol. The Morgan fingerprint density at radius 3 is 2.63 bits per heavy atom. The van der Waals surface area contributed by atoms with Gasteiger partial charge in [0.05, 0.1) is 12.7 Å². The zero-order valence-corrected chi connectivity index (χ0v) is 11.7. The van der Waals surface area contributed by atoms with Crippen molar-refractivity contribution in [1.82, 2.24) is 15.3 Å². The summed E-state index contributed by atoms with van der Waals surface area (Å²) in [5, 5.41) is 8.29. The van der Waals surface area contributed by atoms with Crippen LogP contribution < -0.4 is 16.0 Å². The smallest absolute Gasteiger partial charge is 0.239 e. The maximum atomic E-state index is 13.5. The van der Waals surface area contributed by atoms with Crippen molar-refractivity contribution in [2.75, 3.05) is 23.7 Å². The largest absolute Gasteiger partial charge is 0.358 e. The minimum atomic E-state index is -0.592. The lowest BCUT2D eigenvalue weighted by Gasteiger charge is -2.20. The van der Waals surface area contributed by atoms with Gasteiger partial charge >= 0.3 is 0 Å². The molecular formula is C12H20FN5O. The summed E-state index contributed by atoms with van der Waals surface area (Å²) in [6, 6.07) is 0. The molecule has 1 aromatic rings. The first-order valence-corrected chi connectivity index (χ1v) is 6.13. The molecule has 0 unspecified atom stereocenters. The fourth-order valence-corrected chi connectivity index (χ4v) is 1.36. The first-order valence-electron chi connectivity index (χ1n) is 6.13. The predicted octanol–water partition coefficient (Wildman–Crippen LogP) is 1.37. The van der Waals surface area contributed by atoms with Gasteiger partial charge in [-0.15, -0.1) is 0 Å². The van der Waals surface area contributed by atoms with Crippen LogP contribution in [0.2, 0.25) is 0 Å². The molecule has 1 aromatic heterocycles. The number of nitrogens with zero attached hydrogens (tertiary/aromatic N) is 2. The zero-order chi connectivity index (χ0) is 14.5. The van der Waals surface area contributed by atoms with Crippen LogP contribution >= 0.6 is 0 Å². The molecule has 0 spiro atoms. The number of hydrogen-bond donors (Lipinski definition) is 3. The van der Waals surface area contributed by atoms with Crippen molar-refractivity contribution in [3.8, 4) is 0 Å². The molecule has 0 radical (unpaired) electrons. The third kappa shape index (κ3) is 5.50. The lowest BCUT2D eigenvalue weighted by Crippen LogP contribution is -2.43. The van der Waals surface area contributed by atoms with Crippen LogP contribution in [0.3, 0.4) is 0 Å². The third-order valence-electron chi connectivity index (χ3n) is 2.01. The van der Waals surface area contributed by atoms with Crippen molar-refractivity contribution in [3.05, 3.63) is 12.0 Å². The second-order valence-corrected chi connectivity index (χ2v) is 5.07. The van der Waals surface area contributed by atoms with Gasteiger partial charge in [-0.25, -0.2) is 9.37 Å². The van der Waals surface area contributed by atoms with E-state index in [0.29, 0.717) is 12.5 Å². The van der Waals surface area contributed by atoms with Crippen molar-refractivity contribution < 1.29 is 9.18 Å². The van der Waals surface area contributed by atoms with Crippen molar-refractivity contribution in [3.63, 3.8) is 0 Å². The lowest BCUT2D eigenvalue weighted by molar-refractivity contribution is -0.120. The molecule has 6 nitrogen and oxygen atoms in total. The number of rotatable bonds is 5. The van der Waals surface area contributed by atoms with Crippen LogP contribution in [0, 0.1) is 5.82 Å². The fourth-order valence-electron chi connectivity index (χ4n) is 1.36. The van der Waals surface area contributed by atoms with E-state index in [1.54, 1.807) is 0 Å². The zero-order valence-electron chi connectivity index (χ0n) is 11.7. The van der Waals surface area contributed by atoms with E-state index in [1.165, 1.54) is 0 Å². The number of nitrogens with one attached hydrogen (secondary N) is 3. The molecule has 0 saturated heterocycles. The van der Waals surface area contributed by atoms with Gasteiger partial charge in [-0.2, -0.15) is 4.98 Å². The molecule has 106 valence electrons. The standard InChI is InChI=1S/C12H20FN5O/c1-5-14-11-16-6-8(13)10(17-11)15-7-9(19)18-12(2,3)4/h6H,5,7H2,1-4H3,(H,18,19)(H2,14,15,16,17). The van der Waals surface area contributed by atoms with Gasteiger partial charge in [0.1, 0.15) is 0 Å². The van der Waals surface area contributed by atoms with Gasteiger partial charge in [-0.05, 0) is 27.7 Å². The van der Waals surface area contributed by atoms with Gasteiger partial charge in [0, 0.05) is 12.1 Å². The normalized spacial score (nSPS) is 11.0. The van der Waals surface area contributed by atoms with Crippen LogP contribution in [0.15, 0.2) is 6.20 Å². The number of amides is 1. The van der Waals surface area contributed by atoms with E-state index in [0.717, 1.165) is 6.20 Å². The molecular weight excluding hydrogens is 249 g/mol. The van der Waals surface area contributed by atoms with E-state index in [-0.39, 0.29) is 23.8 Å². The molecule has 0 aliphatic heterocycles. The monoisotopic (exact) mass is 269 g/mol. The number of aromatic nitrogens is 2. The molecule has 0 saturated carbocycles. The van der Waals surface area contributed by atoms with E-state index < -0.39 is 5.82 Å². The minimum Gasteiger partial charge on any atom is -0.358 e. The Balaban J connectivity index is 2.61. The summed E-state index contributed by atoms with van der Waals surface area (Å²) in [5.74, 6) is -0.488. The summed E-state index contributed by atoms with van der Waals surface area (Å²) in [5.41, 5.74) is -0.322. The molecule has 0 atom stereocenters. The molecule has 1 amide bonds. The summed E-state index contributed by atoms with van der Waals surface area (Å²) in [7, 11) is 0. The first-order chi connectivity index (χ1) is 8.81. The highest BCUT2D eigenvalue weighted by atomic mass is 19.1. The summed E-state index contributed by atoms with van der Waals surface area (Å²) >= 11 is 0. The maximum absolute atomic E-state index is 13.5. The summed E-state index contributed by atoms with van der Waals surface area (Å²) in [6.45, 7) is 8.10. The van der Waals surface area contributed by atoms with E-state index in [2.05, 4.69) is 25.9 Å². The highest BCUT2D eigenvalue weighted by Gasteiger charge is 2.14. The summed E-state index contributed by atoms with van der Waals surface area (Å²) < 4.78 is 13.5. The number of carbonyl (C=O) groups excluding carboxylic acids is 1. The molecule has 0 bridgehead atoms. The van der Waals surface area contributed by atoms with Crippen LogP contribution in [0.5, 0.6) is 0 Å². The Bertz CT molecular complexity index is 444. The topological polar surface area (TPSA) is 78.9 Å². The van der Waals surface area contributed by atoms with Crippen LogP contribution in [-0.4, -0.2) is 34.5 Å². The van der Waals surface area contributed by atoms with Crippen molar-refractivity contribution in [2.24, 2.45) is 0 Å². The predicted molar refractivity (Wildman–Crippen MR) is 72.5 cm³/mol. The van der Waals surface area contributed by atoms with Crippen molar-refractivity contribution in [2.45, 2.75) is 33.2 Å².